The topological polar surface area (TPSA) is 50.5 Å². The van der Waals surface area contributed by atoms with Crippen LogP contribution in [0.4, 0.5) is 5.69 Å². The minimum atomic E-state index is 0.444. The average Bonchev–Trinajstić information content (AvgIpc) is 2.59. The van der Waals surface area contributed by atoms with E-state index in [1.807, 2.05) is 54.6 Å². The minimum Gasteiger partial charge on any atom is -0.575 e. The summed E-state index contributed by atoms with van der Waals surface area (Å²) in [5.74, 6) is 1.21. The maximum atomic E-state index is 12.4. The van der Waals surface area contributed by atoms with Crippen molar-refractivity contribution in [3.63, 3.8) is 0 Å². The van der Waals surface area contributed by atoms with Crippen LogP contribution < -0.4 is 9.80 Å². The quantitative estimate of drug-likeness (QED) is 0.347. The van der Waals surface area contributed by atoms with Gasteiger partial charge in [-0.1, -0.05) is 31.5 Å². The summed E-state index contributed by atoms with van der Waals surface area (Å²) in [6, 6.07) is 16.9. The van der Waals surface area contributed by atoms with Crippen molar-refractivity contribution in [1.29, 1.82) is 0 Å². The average molecular weight is 297 g/mol. The highest BCUT2D eigenvalue weighted by Crippen LogP contribution is 2.19. The van der Waals surface area contributed by atoms with Crippen molar-refractivity contribution < 1.29 is 4.74 Å². The van der Waals surface area contributed by atoms with Crippen LogP contribution in [0, 0.1) is 5.21 Å². The molecule has 0 heterocycles. The van der Waals surface area contributed by atoms with Gasteiger partial charge in [0.05, 0.1) is 18.4 Å². The molecule has 0 N–H and O–H groups in total. The van der Waals surface area contributed by atoms with Gasteiger partial charge in [0.2, 0.25) is 0 Å². The molecule has 0 saturated carbocycles. The minimum absolute atomic E-state index is 0.444. The first-order valence-electron chi connectivity index (χ1n) is 7.47. The molecule has 0 aliphatic rings. The Labute approximate surface area is 131 Å². The number of hydrogen-bond acceptors (Lipinski definition) is 3. The molecule has 0 spiro atoms. The Bertz CT molecular complexity index is 594. The van der Waals surface area contributed by atoms with Gasteiger partial charge in [0, 0.05) is 6.42 Å². The van der Waals surface area contributed by atoms with Crippen LogP contribution >= 0.6 is 0 Å². The third-order valence-corrected chi connectivity index (χ3v) is 3.29. The molecule has 0 bridgehead atoms. The first-order chi connectivity index (χ1) is 10.7. The molecule has 4 nitrogen and oxygen atoms in total. The number of hydrogen-bond donors (Lipinski definition) is 0. The number of aliphatic imine (C=N–C) groups is 1. The van der Waals surface area contributed by atoms with E-state index >= 15 is 0 Å². The molecule has 0 aromatic heterocycles. The van der Waals surface area contributed by atoms with E-state index in [2.05, 4.69) is 11.9 Å². The van der Waals surface area contributed by atoms with E-state index in [0.29, 0.717) is 12.4 Å². The zero-order valence-corrected chi connectivity index (χ0v) is 13.0. The van der Waals surface area contributed by atoms with E-state index < -0.39 is 0 Å². The number of unbranched alkanes of at least 4 members (excludes halogenated alkanes) is 1. The van der Waals surface area contributed by atoms with Crippen molar-refractivity contribution in [3.05, 3.63) is 65.4 Å². The van der Waals surface area contributed by atoms with Crippen LogP contribution in [0.1, 0.15) is 25.3 Å². The predicted octanol–water partition coefficient (Wildman–Crippen LogP) is 4.21. The standard InChI is InChI=1S/C18H21N2O2/c1-3-4-14-20(21)18(15-8-6-5-7-9-15)19-16-10-12-17(22-2)13-11-16/h5-13H,3-4,14H2,1-2H3. The van der Waals surface area contributed by atoms with Crippen LogP contribution in [-0.4, -0.2) is 19.5 Å². The molecular weight excluding hydrogens is 276 g/mol. The molecule has 0 saturated heterocycles. The Morgan fingerprint density at radius 2 is 1.77 bits per heavy atom. The summed E-state index contributed by atoms with van der Waals surface area (Å²) in [5.41, 5.74) is 1.56. The fourth-order valence-electron chi connectivity index (χ4n) is 2.04. The number of hydroxylamine groups is 2. The van der Waals surface area contributed by atoms with Crippen LogP contribution in [-0.2, 0) is 0 Å². The number of methoxy groups -OCH3 is 1. The lowest BCUT2D eigenvalue weighted by atomic mass is 10.2. The van der Waals surface area contributed by atoms with Crippen LogP contribution in [0.15, 0.2) is 59.6 Å². The molecular formula is C18H21N2O2. The summed E-state index contributed by atoms with van der Waals surface area (Å²) < 4.78 is 5.14. The Balaban J connectivity index is 2.31. The molecule has 2 rings (SSSR count). The first kappa shape index (κ1) is 16.2. The molecule has 0 aliphatic carbocycles. The highest BCUT2D eigenvalue weighted by Gasteiger charge is 2.17. The zero-order chi connectivity index (χ0) is 15.8. The Kier molecular flexibility index (Phi) is 6.13. The van der Waals surface area contributed by atoms with Crippen molar-refractivity contribution in [2.75, 3.05) is 13.7 Å². The molecule has 4 heteroatoms. The van der Waals surface area contributed by atoms with E-state index in [-0.39, 0.29) is 0 Å². The Morgan fingerprint density at radius 1 is 1.09 bits per heavy atom. The third-order valence-electron chi connectivity index (χ3n) is 3.29. The first-order valence-corrected chi connectivity index (χ1v) is 7.47. The van der Waals surface area contributed by atoms with Gasteiger partial charge < -0.3 is 9.94 Å². The summed E-state index contributed by atoms with van der Waals surface area (Å²) in [6.45, 7) is 2.51. The summed E-state index contributed by atoms with van der Waals surface area (Å²) in [7, 11) is 1.62. The summed E-state index contributed by atoms with van der Waals surface area (Å²) in [5, 5.41) is 13.4. The molecule has 0 atom stereocenters. The number of benzene rings is 2. The summed E-state index contributed by atoms with van der Waals surface area (Å²) in [4.78, 5) is 4.53. The normalized spacial score (nSPS) is 11.7. The van der Waals surface area contributed by atoms with Gasteiger partial charge in [0.25, 0.3) is 5.84 Å². The molecule has 0 fully saturated rings. The predicted molar refractivity (Wildman–Crippen MR) is 90.9 cm³/mol. The van der Waals surface area contributed by atoms with Gasteiger partial charge in [-0.25, -0.2) is 0 Å². The van der Waals surface area contributed by atoms with Gasteiger partial charge >= 0.3 is 0 Å². The molecule has 0 amide bonds. The van der Waals surface area contributed by atoms with Gasteiger partial charge in [0.1, 0.15) is 12.3 Å². The molecule has 0 unspecified atom stereocenters. The number of nitrogens with zero attached hydrogens (tertiary/aromatic N) is 2. The van der Waals surface area contributed by atoms with Crippen molar-refractivity contribution in [2.24, 2.45) is 4.99 Å². The monoisotopic (exact) mass is 297 g/mol. The number of amidine groups is 1. The second-order valence-corrected chi connectivity index (χ2v) is 4.96. The molecule has 1 radical (unpaired) electrons. The molecule has 2 aromatic carbocycles. The van der Waals surface area contributed by atoms with Gasteiger partial charge in [-0.2, -0.15) is 4.99 Å². The fourth-order valence-corrected chi connectivity index (χ4v) is 2.04. The van der Waals surface area contributed by atoms with Crippen LogP contribution in [0.3, 0.4) is 0 Å². The van der Waals surface area contributed by atoms with E-state index in [1.165, 1.54) is 0 Å². The van der Waals surface area contributed by atoms with Crippen molar-refractivity contribution in [1.82, 2.24) is 5.06 Å². The third kappa shape index (κ3) is 4.41. The molecule has 2 aromatic rings. The van der Waals surface area contributed by atoms with Crippen molar-refractivity contribution in [3.8, 4) is 5.75 Å². The van der Waals surface area contributed by atoms with Crippen molar-refractivity contribution in [2.45, 2.75) is 19.8 Å². The maximum absolute atomic E-state index is 12.4. The van der Waals surface area contributed by atoms with Gasteiger partial charge in [0.15, 0.2) is 0 Å². The fraction of sp³-hybridized carbons (Fsp3) is 0.278. The summed E-state index contributed by atoms with van der Waals surface area (Å²) in [6.07, 6.45) is 1.82. The zero-order valence-electron chi connectivity index (χ0n) is 13.0. The second-order valence-electron chi connectivity index (χ2n) is 4.96. The van der Waals surface area contributed by atoms with E-state index in [4.69, 9.17) is 4.74 Å². The van der Waals surface area contributed by atoms with Crippen LogP contribution in [0.2, 0.25) is 0 Å². The van der Waals surface area contributed by atoms with E-state index in [9.17, 15) is 5.21 Å². The largest absolute Gasteiger partial charge is 0.575 e. The molecule has 22 heavy (non-hydrogen) atoms. The van der Waals surface area contributed by atoms with E-state index in [1.54, 1.807) is 7.11 Å². The summed E-state index contributed by atoms with van der Waals surface area (Å²) >= 11 is 0. The van der Waals surface area contributed by atoms with Gasteiger partial charge in [-0.15, -0.1) is 5.06 Å². The second kappa shape index (κ2) is 8.32. The molecule has 0 aliphatic heterocycles. The lowest BCUT2D eigenvalue weighted by molar-refractivity contribution is 0.415. The lowest BCUT2D eigenvalue weighted by Gasteiger charge is -2.15. The van der Waals surface area contributed by atoms with Crippen LogP contribution in [0.5, 0.6) is 5.75 Å². The van der Waals surface area contributed by atoms with Gasteiger partial charge in [-0.3, -0.25) is 0 Å². The van der Waals surface area contributed by atoms with Gasteiger partial charge in [-0.05, 0) is 36.4 Å². The number of ether oxygens (including phenoxy) is 1. The SMILES string of the molecule is CCCC[N+]([O-])C(=Nc1ccc(OC)cc1)c1ccccc1. The smallest absolute Gasteiger partial charge is 0.285 e. The highest BCUT2D eigenvalue weighted by molar-refractivity contribution is 6.02. The highest BCUT2D eigenvalue weighted by atomic mass is 16.5. The lowest BCUT2D eigenvalue weighted by Crippen LogP contribution is -2.32. The molecule has 115 valence electrons. The van der Waals surface area contributed by atoms with Crippen molar-refractivity contribution >= 4 is 11.5 Å². The number of rotatable bonds is 6. The Hall–Kier alpha value is -2.17. The maximum Gasteiger partial charge on any atom is 0.285 e. The van der Waals surface area contributed by atoms with E-state index in [0.717, 1.165) is 34.9 Å². The van der Waals surface area contributed by atoms with Crippen LogP contribution in [0.25, 0.3) is 0 Å². The Morgan fingerprint density at radius 3 is 2.36 bits per heavy atom.